The summed E-state index contributed by atoms with van der Waals surface area (Å²) in [4.78, 5) is 22.7. The second kappa shape index (κ2) is 8.92. The molecule has 3 aromatic carbocycles. The second-order valence-corrected chi connectivity index (χ2v) is 9.38. The van der Waals surface area contributed by atoms with Crippen molar-refractivity contribution in [2.75, 3.05) is 32.1 Å². The molecule has 168 valence electrons. The van der Waals surface area contributed by atoms with Gasteiger partial charge in [0.05, 0.1) is 16.1 Å². The standard InChI is InChI=1S/C26H24FN3O2S/c1-29(2)14-7-15-30(26-28-20-13-12-17(27)16-23(20)33-26)25(31)24-18-8-3-5-10-21(18)32-22-11-6-4-9-19(22)24/h3-6,8-13,16,24H,7,14-15H2,1-2H3. The quantitative estimate of drug-likeness (QED) is 0.372. The predicted octanol–water partition coefficient (Wildman–Crippen LogP) is 5.66. The number of anilines is 1. The SMILES string of the molecule is CN(C)CCCN(C(=O)C1c2ccccc2Oc2ccccc21)c1nc2ccc(F)cc2s1. The Kier molecular flexibility index (Phi) is 5.83. The summed E-state index contributed by atoms with van der Waals surface area (Å²) in [5.74, 6) is 0.504. The zero-order chi connectivity index (χ0) is 22.9. The van der Waals surface area contributed by atoms with Crippen LogP contribution in [0.25, 0.3) is 10.2 Å². The number of hydrogen-bond donors (Lipinski definition) is 0. The van der Waals surface area contributed by atoms with E-state index in [4.69, 9.17) is 9.72 Å². The third kappa shape index (κ3) is 4.21. The topological polar surface area (TPSA) is 45.7 Å². The average Bonchev–Trinajstić information content (AvgIpc) is 3.22. The summed E-state index contributed by atoms with van der Waals surface area (Å²) in [5.41, 5.74) is 2.37. The number of carbonyl (C=O) groups is 1. The number of fused-ring (bicyclic) bond motifs is 3. The van der Waals surface area contributed by atoms with Gasteiger partial charge in [-0.25, -0.2) is 9.37 Å². The van der Waals surface area contributed by atoms with Gasteiger partial charge in [-0.1, -0.05) is 47.7 Å². The summed E-state index contributed by atoms with van der Waals surface area (Å²) in [6.45, 7) is 1.35. The van der Waals surface area contributed by atoms with E-state index >= 15 is 0 Å². The molecular formula is C26H24FN3O2S. The Balaban J connectivity index is 1.58. The van der Waals surface area contributed by atoms with E-state index in [0.29, 0.717) is 28.7 Å². The molecular weight excluding hydrogens is 437 g/mol. The molecule has 5 rings (SSSR count). The van der Waals surface area contributed by atoms with E-state index in [1.165, 1.54) is 23.5 Å². The number of carbonyl (C=O) groups excluding carboxylic acids is 1. The van der Waals surface area contributed by atoms with E-state index in [1.807, 2.05) is 62.6 Å². The number of para-hydroxylation sites is 2. The van der Waals surface area contributed by atoms with E-state index in [-0.39, 0.29) is 11.7 Å². The van der Waals surface area contributed by atoms with E-state index < -0.39 is 5.92 Å². The first-order valence-electron chi connectivity index (χ1n) is 10.9. The maximum absolute atomic E-state index is 14.2. The Bertz CT molecular complexity index is 1270. The van der Waals surface area contributed by atoms with Gasteiger partial charge in [-0.2, -0.15) is 0 Å². The van der Waals surface area contributed by atoms with Crippen LogP contribution in [-0.4, -0.2) is 43.0 Å². The van der Waals surface area contributed by atoms with Crippen LogP contribution in [0.2, 0.25) is 0 Å². The van der Waals surface area contributed by atoms with Crippen LogP contribution in [0.5, 0.6) is 11.5 Å². The average molecular weight is 462 g/mol. The largest absolute Gasteiger partial charge is 0.457 e. The van der Waals surface area contributed by atoms with Gasteiger partial charge in [0.1, 0.15) is 17.3 Å². The van der Waals surface area contributed by atoms with Gasteiger partial charge in [0.15, 0.2) is 5.13 Å². The zero-order valence-corrected chi connectivity index (χ0v) is 19.3. The number of amides is 1. The lowest BCUT2D eigenvalue weighted by atomic mass is 9.87. The Hall–Kier alpha value is -3.29. The molecule has 1 aliphatic rings. The molecule has 0 radical (unpaired) electrons. The third-order valence-electron chi connectivity index (χ3n) is 5.75. The van der Waals surface area contributed by atoms with Gasteiger partial charge < -0.3 is 9.64 Å². The molecule has 0 saturated carbocycles. The number of halogens is 1. The molecule has 0 saturated heterocycles. The number of hydrogen-bond acceptors (Lipinski definition) is 5. The van der Waals surface area contributed by atoms with Crippen LogP contribution in [0.1, 0.15) is 23.5 Å². The van der Waals surface area contributed by atoms with Gasteiger partial charge in [-0.15, -0.1) is 0 Å². The van der Waals surface area contributed by atoms with E-state index in [0.717, 1.165) is 28.8 Å². The van der Waals surface area contributed by atoms with Gasteiger partial charge in [-0.05, 0) is 57.4 Å². The van der Waals surface area contributed by atoms with Crippen molar-refractivity contribution in [2.45, 2.75) is 12.3 Å². The van der Waals surface area contributed by atoms with Crippen LogP contribution in [0.3, 0.4) is 0 Å². The first kappa shape index (κ1) is 21.6. The highest BCUT2D eigenvalue weighted by Crippen LogP contribution is 2.45. The van der Waals surface area contributed by atoms with E-state index in [9.17, 15) is 9.18 Å². The summed E-state index contributed by atoms with van der Waals surface area (Å²) in [6, 6.07) is 19.9. The molecule has 2 heterocycles. The lowest BCUT2D eigenvalue weighted by molar-refractivity contribution is -0.119. The molecule has 1 amide bonds. The van der Waals surface area contributed by atoms with E-state index in [1.54, 1.807) is 11.0 Å². The minimum absolute atomic E-state index is 0.0588. The summed E-state index contributed by atoms with van der Waals surface area (Å²) in [7, 11) is 4.02. The maximum atomic E-state index is 14.2. The van der Waals surface area contributed by atoms with Crippen molar-refractivity contribution in [1.82, 2.24) is 9.88 Å². The molecule has 0 N–H and O–H groups in total. The van der Waals surface area contributed by atoms with Crippen molar-refractivity contribution in [3.63, 3.8) is 0 Å². The van der Waals surface area contributed by atoms with Crippen molar-refractivity contribution in [2.24, 2.45) is 0 Å². The highest BCUT2D eigenvalue weighted by molar-refractivity contribution is 7.22. The first-order chi connectivity index (χ1) is 16.0. The van der Waals surface area contributed by atoms with Gasteiger partial charge in [0, 0.05) is 17.7 Å². The fourth-order valence-corrected chi connectivity index (χ4v) is 5.20. The summed E-state index contributed by atoms with van der Waals surface area (Å²) in [6.07, 6.45) is 0.787. The fourth-order valence-electron chi connectivity index (χ4n) is 4.18. The van der Waals surface area contributed by atoms with Crippen LogP contribution in [0, 0.1) is 5.82 Å². The molecule has 0 spiro atoms. The molecule has 1 aromatic heterocycles. The van der Waals surface area contributed by atoms with Crippen LogP contribution in [0.15, 0.2) is 66.7 Å². The number of nitrogens with zero attached hydrogens (tertiary/aromatic N) is 3. The third-order valence-corrected chi connectivity index (χ3v) is 6.79. The van der Waals surface area contributed by atoms with Crippen molar-refractivity contribution >= 4 is 32.6 Å². The number of benzene rings is 3. The minimum Gasteiger partial charge on any atom is -0.457 e. The predicted molar refractivity (Wildman–Crippen MR) is 130 cm³/mol. The Morgan fingerprint density at radius 3 is 2.33 bits per heavy atom. The molecule has 0 atom stereocenters. The van der Waals surface area contributed by atoms with Gasteiger partial charge in [-0.3, -0.25) is 9.69 Å². The smallest absolute Gasteiger partial charge is 0.241 e. The highest BCUT2D eigenvalue weighted by atomic mass is 32.1. The van der Waals surface area contributed by atoms with Crippen molar-refractivity contribution in [3.8, 4) is 11.5 Å². The van der Waals surface area contributed by atoms with Crippen LogP contribution >= 0.6 is 11.3 Å². The number of ether oxygens (including phenoxy) is 1. The van der Waals surface area contributed by atoms with Gasteiger partial charge in [0.2, 0.25) is 5.91 Å². The Labute approximate surface area is 196 Å². The van der Waals surface area contributed by atoms with Crippen LogP contribution in [-0.2, 0) is 4.79 Å². The number of rotatable bonds is 6. The van der Waals surface area contributed by atoms with Crippen molar-refractivity contribution < 1.29 is 13.9 Å². The molecule has 0 unspecified atom stereocenters. The molecule has 5 nitrogen and oxygen atoms in total. The highest BCUT2D eigenvalue weighted by Gasteiger charge is 2.36. The summed E-state index contributed by atoms with van der Waals surface area (Å²) in [5, 5.41) is 0.584. The minimum atomic E-state index is -0.505. The molecule has 7 heteroatoms. The second-order valence-electron chi connectivity index (χ2n) is 8.37. The monoisotopic (exact) mass is 461 g/mol. The lowest BCUT2D eigenvalue weighted by Crippen LogP contribution is -2.38. The number of thiazole rings is 1. The van der Waals surface area contributed by atoms with Crippen LogP contribution < -0.4 is 9.64 Å². The van der Waals surface area contributed by atoms with E-state index in [2.05, 4.69) is 4.90 Å². The molecule has 0 bridgehead atoms. The van der Waals surface area contributed by atoms with Crippen molar-refractivity contribution in [1.29, 1.82) is 0 Å². The summed E-state index contributed by atoms with van der Waals surface area (Å²) < 4.78 is 20.6. The zero-order valence-electron chi connectivity index (χ0n) is 18.5. The van der Waals surface area contributed by atoms with Crippen LogP contribution in [0.4, 0.5) is 9.52 Å². The van der Waals surface area contributed by atoms with Crippen molar-refractivity contribution in [3.05, 3.63) is 83.7 Å². The normalized spacial score (nSPS) is 13.0. The Morgan fingerprint density at radius 2 is 1.67 bits per heavy atom. The fraction of sp³-hybridized carbons (Fsp3) is 0.231. The Morgan fingerprint density at radius 1 is 1.00 bits per heavy atom. The first-order valence-corrected chi connectivity index (χ1v) is 11.7. The maximum Gasteiger partial charge on any atom is 0.241 e. The number of aromatic nitrogens is 1. The molecule has 0 aliphatic carbocycles. The molecule has 4 aromatic rings. The lowest BCUT2D eigenvalue weighted by Gasteiger charge is -2.31. The van der Waals surface area contributed by atoms with Gasteiger partial charge >= 0.3 is 0 Å². The molecule has 0 fully saturated rings. The molecule has 1 aliphatic heterocycles. The van der Waals surface area contributed by atoms with Gasteiger partial charge in [0.25, 0.3) is 0 Å². The summed E-state index contributed by atoms with van der Waals surface area (Å²) >= 11 is 1.34. The molecule has 33 heavy (non-hydrogen) atoms.